The van der Waals surface area contributed by atoms with Crippen molar-refractivity contribution in [1.82, 2.24) is 9.88 Å². The summed E-state index contributed by atoms with van der Waals surface area (Å²) in [7, 11) is 0. The van der Waals surface area contributed by atoms with Crippen LogP contribution in [0, 0.1) is 11.3 Å². The molecule has 2 atom stereocenters. The summed E-state index contributed by atoms with van der Waals surface area (Å²) in [6, 6.07) is 4.97. The van der Waals surface area contributed by atoms with E-state index in [1.165, 1.54) is 18.9 Å². The molecule has 2 unspecified atom stereocenters. The fourth-order valence-corrected chi connectivity index (χ4v) is 3.09. The van der Waals surface area contributed by atoms with E-state index in [0.29, 0.717) is 12.1 Å². The number of rotatable bonds is 3. The number of pyridine rings is 1. The fourth-order valence-electron chi connectivity index (χ4n) is 3.09. The zero-order chi connectivity index (χ0) is 15.9. The van der Waals surface area contributed by atoms with Gasteiger partial charge in [0.05, 0.1) is 5.56 Å². The smallest absolute Gasteiger partial charge is 0.365 e. The van der Waals surface area contributed by atoms with Gasteiger partial charge in [-0.25, -0.2) is 4.98 Å². The molecule has 0 bridgehead atoms. The highest BCUT2D eigenvalue weighted by Crippen LogP contribution is 2.35. The molecule has 1 aromatic heterocycles. The lowest BCUT2D eigenvalue weighted by Gasteiger charge is -2.20. The first-order valence-electron chi connectivity index (χ1n) is 7.39. The zero-order valence-corrected chi connectivity index (χ0v) is 12.2. The van der Waals surface area contributed by atoms with Gasteiger partial charge >= 0.3 is 6.18 Å². The Labute approximate surface area is 126 Å². The molecule has 1 saturated heterocycles. The van der Waals surface area contributed by atoms with Crippen molar-refractivity contribution in [3.63, 3.8) is 0 Å². The maximum atomic E-state index is 12.8. The number of hydrogen-bond acceptors (Lipinski definition) is 4. The summed E-state index contributed by atoms with van der Waals surface area (Å²) in [6.07, 6.45) is -1.27. The molecule has 22 heavy (non-hydrogen) atoms. The number of nitrogens with zero attached hydrogens (tertiary/aromatic N) is 3. The van der Waals surface area contributed by atoms with Crippen molar-refractivity contribution in [2.45, 2.75) is 50.5 Å². The van der Waals surface area contributed by atoms with Gasteiger partial charge in [0.2, 0.25) is 0 Å². The Morgan fingerprint density at radius 2 is 2.09 bits per heavy atom. The van der Waals surface area contributed by atoms with Crippen molar-refractivity contribution in [1.29, 1.82) is 5.26 Å². The summed E-state index contributed by atoms with van der Waals surface area (Å²) in [5.41, 5.74) is -0.829. The number of aromatic nitrogens is 1. The largest absolute Gasteiger partial charge is 0.433 e. The van der Waals surface area contributed by atoms with E-state index in [4.69, 9.17) is 5.26 Å². The highest BCUT2D eigenvalue weighted by molar-refractivity contribution is 5.53. The summed E-state index contributed by atoms with van der Waals surface area (Å²) in [5.74, 6) is 0.0344. The van der Waals surface area contributed by atoms with Crippen molar-refractivity contribution in [2.24, 2.45) is 0 Å². The van der Waals surface area contributed by atoms with Gasteiger partial charge in [0.25, 0.3) is 0 Å². The van der Waals surface area contributed by atoms with E-state index in [1.54, 1.807) is 0 Å². The SMILES string of the molecule is CC1CC(Nc2nc(C(F)(F)F)ccc2C#N)CN1C1CC1. The minimum absolute atomic E-state index is 0.0266. The number of likely N-dealkylation sites (tertiary alicyclic amines) is 1. The standard InChI is InChI=1S/C15H17F3N4/c1-9-6-11(8-22(9)12-3-4-12)20-14-10(7-19)2-5-13(21-14)15(16,17)18/h2,5,9,11-12H,3-4,6,8H2,1H3,(H,20,21). The molecule has 0 spiro atoms. The van der Waals surface area contributed by atoms with Crippen LogP contribution in [0.4, 0.5) is 19.0 Å². The average Bonchev–Trinajstić information content (AvgIpc) is 3.22. The molecule has 2 fully saturated rings. The Bertz CT molecular complexity index is 604. The number of alkyl halides is 3. The maximum absolute atomic E-state index is 12.8. The molecule has 0 amide bonds. The van der Waals surface area contributed by atoms with Crippen molar-refractivity contribution in [3.05, 3.63) is 23.4 Å². The van der Waals surface area contributed by atoms with E-state index in [1.807, 2.05) is 6.07 Å². The third kappa shape index (κ3) is 3.02. The van der Waals surface area contributed by atoms with Gasteiger partial charge < -0.3 is 5.32 Å². The van der Waals surface area contributed by atoms with Crippen LogP contribution in [0.1, 0.15) is 37.4 Å². The molecule has 1 aliphatic carbocycles. The number of nitrogens with one attached hydrogen (secondary N) is 1. The van der Waals surface area contributed by atoms with Crippen molar-refractivity contribution < 1.29 is 13.2 Å². The molecule has 7 heteroatoms. The first-order chi connectivity index (χ1) is 10.4. The quantitative estimate of drug-likeness (QED) is 0.932. The molecule has 2 aliphatic rings. The lowest BCUT2D eigenvalue weighted by Crippen LogP contribution is -2.31. The van der Waals surface area contributed by atoms with Gasteiger partial charge in [-0.3, -0.25) is 4.90 Å². The van der Waals surface area contributed by atoms with Crippen LogP contribution in [-0.4, -0.2) is 34.6 Å². The second-order valence-electron chi connectivity index (χ2n) is 6.06. The number of anilines is 1. The van der Waals surface area contributed by atoms with Crippen LogP contribution in [0.2, 0.25) is 0 Å². The zero-order valence-electron chi connectivity index (χ0n) is 12.2. The Morgan fingerprint density at radius 3 is 2.68 bits per heavy atom. The Hall–Kier alpha value is -1.81. The van der Waals surface area contributed by atoms with Gasteiger partial charge in [-0.1, -0.05) is 0 Å². The predicted molar refractivity (Wildman–Crippen MR) is 75.2 cm³/mol. The highest BCUT2D eigenvalue weighted by atomic mass is 19.4. The van der Waals surface area contributed by atoms with Gasteiger partial charge in [0.1, 0.15) is 17.6 Å². The molecular weight excluding hydrogens is 293 g/mol. The van der Waals surface area contributed by atoms with E-state index in [2.05, 4.69) is 22.1 Å². The fraction of sp³-hybridized carbons (Fsp3) is 0.600. The van der Waals surface area contributed by atoms with Crippen LogP contribution in [0.3, 0.4) is 0 Å². The van der Waals surface area contributed by atoms with Crippen LogP contribution in [-0.2, 0) is 6.18 Å². The summed E-state index contributed by atoms with van der Waals surface area (Å²) in [6.45, 7) is 2.92. The molecule has 3 rings (SSSR count). The lowest BCUT2D eigenvalue weighted by molar-refractivity contribution is -0.141. The summed E-state index contributed by atoms with van der Waals surface area (Å²) in [4.78, 5) is 6.00. The van der Waals surface area contributed by atoms with Crippen molar-refractivity contribution in [2.75, 3.05) is 11.9 Å². The minimum atomic E-state index is -4.51. The third-order valence-electron chi connectivity index (χ3n) is 4.29. The minimum Gasteiger partial charge on any atom is -0.365 e. The second kappa shape index (κ2) is 5.43. The van der Waals surface area contributed by atoms with Gasteiger partial charge in [-0.15, -0.1) is 0 Å². The number of hydrogen-bond donors (Lipinski definition) is 1. The maximum Gasteiger partial charge on any atom is 0.433 e. The molecule has 2 heterocycles. The first kappa shape index (κ1) is 15.1. The summed E-state index contributed by atoms with van der Waals surface area (Å²) in [5, 5.41) is 12.1. The second-order valence-corrected chi connectivity index (χ2v) is 6.06. The van der Waals surface area contributed by atoms with Gasteiger partial charge in [0, 0.05) is 24.7 Å². The molecule has 118 valence electrons. The van der Waals surface area contributed by atoms with Crippen LogP contribution >= 0.6 is 0 Å². The van der Waals surface area contributed by atoms with E-state index in [0.717, 1.165) is 19.0 Å². The van der Waals surface area contributed by atoms with Crippen LogP contribution in [0.25, 0.3) is 0 Å². The third-order valence-corrected chi connectivity index (χ3v) is 4.29. The van der Waals surface area contributed by atoms with Crippen LogP contribution in [0.5, 0.6) is 0 Å². The molecule has 1 N–H and O–H groups in total. The van der Waals surface area contributed by atoms with Crippen molar-refractivity contribution in [3.8, 4) is 6.07 Å². The number of halogens is 3. The lowest BCUT2D eigenvalue weighted by atomic mass is 10.1. The van der Waals surface area contributed by atoms with E-state index < -0.39 is 11.9 Å². The molecule has 4 nitrogen and oxygen atoms in total. The molecule has 0 aromatic carbocycles. The predicted octanol–water partition coefficient (Wildman–Crippen LogP) is 3.01. The monoisotopic (exact) mass is 310 g/mol. The summed E-state index contributed by atoms with van der Waals surface area (Å²) < 4.78 is 38.3. The van der Waals surface area contributed by atoms with Gasteiger partial charge in [-0.05, 0) is 38.3 Å². The van der Waals surface area contributed by atoms with Gasteiger partial charge in [-0.2, -0.15) is 18.4 Å². The molecule has 0 radical (unpaired) electrons. The highest BCUT2D eigenvalue weighted by Gasteiger charge is 2.39. The van der Waals surface area contributed by atoms with Crippen LogP contribution < -0.4 is 5.32 Å². The van der Waals surface area contributed by atoms with Crippen molar-refractivity contribution >= 4 is 5.82 Å². The Morgan fingerprint density at radius 1 is 1.36 bits per heavy atom. The summed E-state index contributed by atoms with van der Waals surface area (Å²) >= 11 is 0. The first-order valence-corrected chi connectivity index (χ1v) is 7.39. The van der Waals surface area contributed by atoms with E-state index in [-0.39, 0.29) is 17.4 Å². The van der Waals surface area contributed by atoms with E-state index in [9.17, 15) is 13.2 Å². The molecule has 1 aliphatic heterocycles. The molecule has 1 aromatic rings. The topological polar surface area (TPSA) is 52.0 Å². The van der Waals surface area contributed by atoms with Gasteiger partial charge in [0.15, 0.2) is 0 Å². The average molecular weight is 310 g/mol. The number of nitriles is 1. The Balaban J connectivity index is 1.78. The van der Waals surface area contributed by atoms with E-state index >= 15 is 0 Å². The normalized spacial score (nSPS) is 26.0. The van der Waals surface area contributed by atoms with Crippen LogP contribution in [0.15, 0.2) is 12.1 Å². The molecular formula is C15H17F3N4. The Kier molecular flexibility index (Phi) is 3.73. The molecule has 1 saturated carbocycles.